The average molecular weight is 271 g/mol. The number of aryl methyl sites for hydroxylation is 1. The third kappa shape index (κ3) is 1.79. The summed E-state index contributed by atoms with van der Waals surface area (Å²) in [5.74, 6) is 0.761. The van der Waals surface area contributed by atoms with Gasteiger partial charge < -0.3 is 10.5 Å². The summed E-state index contributed by atoms with van der Waals surface area (Å²) in [4.78, 5) is 4.33. The van der Waals surface area contributed by atoms with Gasteiger partial charge in [-0.3, -0.25) is 4.57 Å². The van der Waals surface area contributed by atoms with Crippen molar-refractivity contribution in [3.8, 4) is 11.4 Å². The minimum Gasteiger partial charge on any atom is -0.494 e. The van der Waals surface area contributed by atoms with Crippen LogP contribution in [-0.2, 0) is 0 Å². The summed E-state index contributed by atoms with van der Waals surface area (Å²) >= 11 is 0. The fraction of sp³-hybridized carbons (Fsp3) is 0.133. The van der Waals surface area contributed by atoms with E-state index in [-0.39, 0.29) is 5.82 Å². The highest BCUT2D eigenvalue weighted by atomic mass is 19.1. The number of fused-ring (bicyclic) bond motifs is 1. The molecular weight excluding hydrogens is 257 g/mol. The van der Waals surface area contributed by atoms with Crippen LogP contribution in [0.3, 0.4) is 0 Å². The van der Waals surface area contributed by atoms with E-state index in [0.29, 0.717) is 22.8 Å². The smallest absolute Gasteiger partial charge is 0.206 e. The fourth-order valence-corrected chi connectivity index (χ4v) is 2.30. The monoisotopic (exact) mass is 271 g/mol. The maximum absolute atomic E-state index is 13.4. The van der Waals surface area contributed by atoms with Gasteiger partial charge in [0, 0.05) is 5.69 Å². The van der Waals surface area contributed by atoms with Crippen molar-refractivity contribution in [3.63, 3.8) is 0 Å². The Bertz CT molecular complexity index is 795. The molecule has 0 unspecified atom stereocenters. The van der Waals surface area contributed by atoms with Crippen LogP contribution in [-0.4, -0.2) is 16.7 Å². The van der Waals surface area contributed by atoms with Crippen molar-refractivity contribution < 1.29 is 9.13 Å². The predicted octanol–water partition coefficient (Wildman–Crippen LogP) is 3.06. The van der Waals surface area contributed by atoms with Crippen LogP contribution in [0.4, 0.5) is 10.3 Å². The Labute approximate surface area is 115 Å². The van der Waals surface area contributed by atoms with E-state index in [2.05, 4.69) is 4.98 Å². The molecule has 0 spiro atoms. The third-order valence-electron chi connectivity index (χ3n) is 3.29. The minimum absolute atomic E-state index is 0.241. The van der Waals surface area contributed by atoms with E-state index in [1.807, 2.05) is 18.2 Å². The van der Waals surface area contributed by atoms with E-state index in [9.17, 15) is 4.39 Å². The van der Waals surface area contributed by atoms with Crippen LogP contribution in [0.1, 0.15) is 5.56 Å². The molecule has 0 bridgehead atoms. The van der Waals surface area contributed by atoms with Crippen LogP contribution in [0, 0.1) is 12.7 Å². The Kier molecular flexibility index (Phi) is 2.82. The molecule has 0 aliphatic rings. The van der Waals surface area contributed by atoms with E-state index in [1.54, 1.807) is 30.7 Å². The highest BCUT2D eigenvalue weighted by Crippen LogP contribution is 2.29. The van der Waals surface area contributed by atoms with Crippen molar-refractivity contribution in [3.05, 3.63) is 47.8 Å². The first-order chi connectivity index (χ1) is 9.61. The van der Waals surface area contributed by atoms with Crippen molar-refractivity contribution in [2.45, 2.75) is 6.92 Å². The Morgan fingerprint density at radius 1 is 1.25 bits per heavy atom. The van der Waals surface area contributed by atoms with Crippen LogP contribution in [0.5, 0.6) is 5.75 Å². The number of para-hydroxylation sites is 1. The van der Waals surface area contributed by atoms with Crippen molar-refractivity contribution >= 4 is 17.0 Å². The number of benzene rings is 2. The lowest BCUT2D eigenvalue weighted by Gasteiger charge is -2.08. The molecule has 102 valence electrons. The minimum atomic E-state index is -0.241. The molecule has 1 heterocycles. The molecule has 5 heteroatoms. The molecule has 4 nitrogen and oxygen atoms in total. The summed E-state index contributed by atoms with van der Waals surface area (Å²) in [7, 11) is 1.59. The lowest BCUT2D eigenvalue weighted by Crippen LogP contribution is -2.01. The topological polar surface area (TPSA) is 53.1 Å². The van der Waals surface area contributed by atoms with Gasteiger partial charge >= 0.3 is 0 Å². The van der Waals surface area contributed by atoms with E-state index >= 15 is 0 Å². The van der Waals surface area contributed by atoms with Crippen LogP contribution in [0.15, 0.2) is 36.4 Å². The number of hydrogen-bond acceptors (Lipinski definition) is 3. The Morgan fingerprint density at radius 3 is 2.75 bits per heavy atom. The molecule has 0 saturated carbocycles. The number of anilines is 1. The number of aromatic nitrogens is 2. The van der Waals surface area contributed by atoms with E-state index < -0.39 is 0 Å². The molecule has 1 aromatic heterocycles. The van der Waals surface area contributed by atoms with Crippen molar-refractivity contribution in [2.75, 3.05) is 12.8 Å². The Balaban J connectivity index is 2.30. The second-order valence-corrected chi connectivity index (χ2v) is 4.57. The average Bonchev–Trinajstić information content (AvgIpc) is 2.78. The van der Waals surface area contributed by atoms with Gasteiger partial charge in [-0.1, -0.05) is 6.07 Å². The lowest BCUT2D eigenvalue weighted by molar-refractivity contribution is 0.419. The van der Waals surface area contributed by atoms with Gasteiger partial charge in [0.15, 0.2) is 0 Å². The molecule has 0 aliphatic carbocycles. The summed E-state index contributed by atoms with van der Waals surface area (Å²) in [6, 6.07) is 10.5. The number of hydrogen-bond donors (Lipinski definition) is 1. The van der Waals surface area contributed by atoms with Gasteiger partial charge in [-0.15, -0.1) is 0 Å². The van der Waals surface area contributed by atoms with Gasteiger partial charge in [0.2, 0.25) is 5.95 Å². The van der Waals surface area contributed by atoms with E-state index in [0.717, 1.165) is 11.2 Å². The van der Waals surface area contributed by atoms with Gasteiger partial charge in [0.25, 0.3) is 0 Å². The number of halogens is 1. The molecule has 0 aliphatic heterocycles. The lowest BCUT2D eigenvalue weighted by atomic mass is 10.2. The molecule has 0 radical (unpaired) electrons. The molecular formula is C15H14FN3O. The van der Waals surface area contributed by atoms with Crippen molar-refractivity contribution in [1.29, 1.82) is 0 Å². The molecule has 2 aromatic carbocycles. The number of ether oxygens (including phenoxy) is 1. The van der Waals surface area contributed by atoms with Crippen LogP contribution in [0.25, 0.3) is 16.7 Å². The fourth-order valence-electron chi connectivity index (χ4n) is 2.30. The first kappa shape index (κ1) is 12.5. The highest BCUT2D eigenvalue weighted by molar-refractivity contribution is 5.86. The maximum atomic E-state index is 13.4. The highest BCUT2D eigenvalue weighted by Gasteiger charge is 2.13. The van der Waals surface area contributed by atoms with Crippen molar-refractivity contribution in [2.24, 2.45) is 0 Å². The first-order valence-electron chi connectivity index (χ1n) is 6.19. The summed E-state index contributed by atoms with van der Waals surface area (Å²) in [6.45, 7) is 1.72. The van der Waals surface area contributed by atoms with Crippen molar-refractivity contribution in [1.82, 2.24) is 9.55 Å². The Hall–Kier alpha value is -2.56. The van der Waals surface area contributed by atoms with E-state index in [4.69, 9.17) is 10.5 Å². The quantitative estimate of drug-likeness (QED) is 0.779. The molecule has 3 aromatic rings. The number of imidazole rings is 1. The van der Waals surface area contributed by atoms with Crippen LogP contribution < -0.4 is 10.5 Å². The summed E-state index contributed by atoms with van der Waals surface area (Å²) < 4.78 is 20.5. The molecule has 0 fully saturated rings. The first-order valence-corrected chi connectivity index (χ1v) is 6.19. The SMILES string of the molecule is COc1cccc2c1nc(N)n2-c1ccc(F)c(C)c1. The van der Waals surface area contributed by atoms with Crippen LogP contribution >= 0.6 is 0 Å². The molecule has 0 amide bonds. The van der Waals surface area contributed by atoms with E-state index in [1.165, 1.54) is 6.07 Å². The molecule has 0 saturated heterocycles. The molecule has 0 atom stereocenters. The number of nitrogens with zero attached hydrogens (tertiary/aromatic N) is 2. The largest absolute Gasteiger partial charge is 0.494 e. The summed E-state index contributed by atoms with van der Waals surface area (Å²) in [6.07, 6.45) is 0. The number of nitrogen functional groups attached to an aromatic ring is 1. The van der Waals surface area contributed by atoms with Crippen LogP contribution in [0.2, 0.25) is 0 Å². The molecule has 2 N–H and O–H groups in total. The van der Waals surface area contributed by atoms with Gasteiger partial charge in [-0.25, -0.2) is 9.37 Å². The summed E-state index contributed by atoms with van der Waals surface area (Å²) in [5.41, 5.74) is 8.85. The van der Waals surface area contributed by atoms with Gasteiger partial charge in [0.05, 0.1) is 12.6 Å². The third-order valence-corrected chi connectivity index (χ3v) is 3.29. The summed E-state index contributed by atoms with van der Waals surface area (Å²) in [5, 5.41) is 0. The second-order valence-electron chi connectivity index (χ2n) is 4.57. The number of nitrogens with two attached hydrogens (primary N) is 1. The zero-order chi connectivity index (χ0) is 14.3. The van der Waals surface area contributed by atoms with Gasteiger partial charge in [-0.05, 0) is 42.8 Å². The molecule has 3 rings (SSSR count). The number of rotatable bonds is 2. The molecule has 20 heavy (non-hydrogen) atoms. The Morgan fingerprint density at radius 2 is 2.05 bits per heavy atom. The zero-order valence-corrected chi connectivity index (χ0v) is 11.2. The predicted molar refractivity (Wildman–Crippen MR) is 76.7 cm³/mol. The normalized spacial score (nSPS) is 10.9. The maximum Gasteiger partial charge on any atom is 0.206 e. The second kappa shape index (κ2) is 4.52. The van der Waals surface area contributed by atoms with Gasteiger partial charge in [0.1, 0.15) is 17.1 Å². The van der Waals surface area contributed by atoms with Gasteiger partial charge in [-0.2, -0.15) is 0 Å². The zero-order valence-electron chi connectivity index (χ0n) is 11.2. The number of methoxy groups -OCH3 is 1. The standard InChI is InChI=1S/C15H14FN3O/c1-9-8-10(6-7-11(9)16)19-12-4-3-5-13(20-2)14(12)18-15(19)17/h3-8H,1-2H3,(H2,17,18).